The summed E-state index contributed by atoms with van der Waals surface area (Å²) in [5.74, 6) is 0. The van der Waals surface area contributed by atoms with Gasteiger partial charge in [-0.3, -0.25) is 0 Å². The maximum absolute atomic E-state index is 6.41. The average molecular weight is 316 g/mol. The fraction of sp³-hybridized carbons (Fsp3) is 0. The molecule has 0 N–H and O–H groups in total. The van der Waals surface area contributed by atoms with Crippen LogP contribution in [0.25, 0.3) is 21.5 Å². The smallest absolute Gasteiger partial charge is 0.0599 e. The van der Waals surface area contributed by atoms with Gasteiger partial charge in [0.2, 0.25) is 0 Å². The third-order valence-electron chi connectivity index (χ3n) is 2.93. The summed E-state index contributed by atoms with van der Waals surface area (Å²) in [7, 11) is 0. The van der Waals surface area contributed by atoms with Gasteiger partial charge in [0.15, 0.2) is 0 Å². The standard InChI is InChI=1S/C14H6Cl4/c15-11-5-9-10(6-12(11)16)14(18)8-4-2-1-3-7(8)13(9)17/h1-6H. The highest BCUT2D eigenvalue weighted by Crippen LogP contribution is 2.41. The van der Waals surface area contributed by atoms with E-state index in [1.165, 1.54) is 0 Å². The van der Waals surface area contributed by atoms with E-state index in [0.717, 1.165) is 21.5 Å². The van der Waals surface area contributed by atoms with Crippen LogP contribution >= 0.6 is 46.4 Å². The van der Waals surface area contributed by atoms with Crippen molar-refractivity contribution in [2.75, 3.05) is 0 Å². The van der Waals surface area contributed by atoms with E-state index in [1.807, 2.05) is 24.3 Å². The Hall–Kier alpha value is -0.660. The van der Waals surface area contributed by atoms with Gasteiger partial charge in [0.25, 0.3) is 0 Å². The van der Waals surface area contributed by atoms with Crippen LogP contribution in [0.3, 0.4) is 0 Å². The number of halogens is 4. The van der Waals surface area contributed by atoms with Crippen molar-refractivity contribution in [2.45, 2.75) is 0 Å². The molecule has 4 heteroatoms. The van der Waals surface area contributed by atoms with E-state index in [9.17, 15) is 0 Å². The molecule has 0 aliphatic carbocycles. The van der Waals surface area contributed by atoms with Crippen molar-refractivity contribution in [1.82, 2.24) is 0 Å². The van der Waals surface area contributed by atoms with Crippen molar-refractivity contribution in [3.05, 3.63) is 56.5 Å². The molecule has 0 heterocycles. The monoisotopic (exact) mass is 314 g/mol. The molecular formula is C14H6Cl4. The third kappa shape index (κ3) is 1.76. The summed E-state index contributed by atoms with van der Waals surface area (Å²) < 4.78 is 0. The summed E-state index contributed by atoms with van der Waals surface area (Å²) in [5, 5.41) is 5.68. The van der Waals surface area contributed by atoms with Crippen molar-refractivity contribution in [3.8, 4) is 0 Å². The van der Waals surface area contributed by atoms with E-state index in [4.69, 9.17) is 46.4 Å². The number of hydrogen-bond donors (Lipinski definition) is 0. The van der Waals surface area contributed by atoms with E-state index in [2.05, 4.69) is 0 Å². The van der Waals surface area contributed by atoms with Crippen LogP contribution in [0, 0.1) is 0 Å². The fourth-order valence-electron chi connectivity index (χ4n) is 2.07. The van der Waals surface area contributed by atoms with Crippen molar-refractivity contribution in [2.24, 2.45) is 0 Å². The minimum Gasteiger partial charge on any atom is -0.0830 e. The lowest BCUT2D eigenvalue weighted by molar-refractivity contribution is 1.76. The molecule has 3 aromatic carbocycles. The van der Waals surface area contributed by atoms with Crippen LogP contribution in [-0.2, 0) is 0 Å². The highest BCUT2D eigenvalue weighted by atomic mass is 35.5. The first-order valence-corrected chi connectivity index (χ1v) is 6.75. The molecule has 3 rings (SSSR count). The number of hydrogen-bond acceptors (Lipinski definition) is 0. The van der Waals surface area contributed by atoms with Gasteiger partial charge >= 0.3 is 0 Å². The molecule has 3 aromatic rings. The number of fused-ring (bicyclic) bond motifs is 2. The Labute approximate surface area is 124 Å². The second kappa shape index (κ2) is 4.47. The van der Waals surface area contributed by atoms with Gasteiger partial charge in [-0.15, -0.1) is 0 Å². The summed E-state index contributed by atoms with van der Waals surface area (Å²) in [4.78, 5) is 0. The predicted octanol–water partition coefficient (Wildman–Crippen LogP) is 6.61. The van der Waals surface area contributed by atoms with Crippen LogP contribution in [-0.4, -0.2) is 0 Å². The van der Waals surface area contributed by atoms with E-state index >= 15 is 0 Å². The van der Waals surface area contributed by atoms with E-state index in [1.54, 1.807) is 12.1 Å². The Morgan fingerprint density at radius 1 is 0.556 bits per heavy atom. The van der Waals surface area contributed by atoms with E-state index in [0.29, 0.717) is 20.1 Å². The Balaban J connectivity index is 2.62. The lowest BCUT2D eigenvalue weighted by Gasteiger charge is -2.10. The fourth-order valence-corrected chi connectivity index (χ4v) is 3.04. The minimum atomic E-state index is 0.470. The summed E-state index contributed by atoms with van der Waals surface area (Å²) in [6, 6.07) is 11.2. The molecule has 0 saturated heterocycles. The summed E-state index contributed by atoms with van der Waals surface area (Å²) in [5.41, 5.74) is 0. The molecule has 0 atom stereocenters. The Kier molecular flexibility index (Phi) is 3.07. The van der Waals surface area contributed by atoms with Gasteiger partial charge in [0.1, 0.15) is 0 Å². The van der Waals surface area contributed by atoms with Crippen molar-refractivity contribution < 1.29 is 0 Å². The molecule has 0 bridgehead atoms. The first-order valence-electron chi connectivity index (χ1n) is 5.24. The normalized spacial score (nSPS) is 11.3. The van der Waals surface area contributed by atoms with Crippen LogP contribution in [0.1, 0.15) is 0 Å². The Morgan fingerprint density at radius 2 is 0.944 bits per heavy atom. The quantitative estimate of drug-likeness (QED) is 0.410. The second-order valence-electron chi connectivity index (χ2n) is 3.99. The molecule has 90 valence electrons. The SMILES string of the molecule is Clc1cc2c(Cl)c3ccccc3c(Cl)c2cc1Cl. The third-order valence-corrected chi connectivity index (χ3v) is 4.47. The van der Waals surface area contributed by atoms with Gasteiger partial charge < -0.3 is 0 Å². The minimum absolute atomic E-state index is 0.470. The molecule has 0 radical (unpaired) electrons. The predicted molar refractivity (Wildman–Crippen MR) is 81.5 cm³/mol. The lowest BCUT2D eigenvalue weighted by Crippen LogP contribution is -1.83. The highest BCUT2D eigenvalue weighted by molar-refractivity contribution is 6.49. The zero-order chi connectivity index (χ0) is 12.9. The maximum atomic E-state index is 6.41. The topological polar surface area (TPSA) is 0 Å². The summed E-state index contributed by atoms with van der Waals surface area (Å²) in [6.07, 6.45) is 0. The Morgan fingerprint density at radius 3 is 1.33 bits per heavy atom. The largest absolute Gasteiger partial charge is 0.0830 e. The van der Waals surface area contributed by atoms with Gasteiger partial charge in [-0.1, -0.05) is 70.7 Å². The zero-order valence-electron chi connectivity index (χ0n) is 8.98. The summed E-state index contributed by atoms with van der Waals surface area (Å²) >= 11 is 24.9. The average Bonchev–Trinajstić information content (AvgIpc) is 2.38. The molecule has 0 amide bonds. The van der Waals surface area contributed by atoms with Crippen LogP contribution in [0.15, 0.2) is 36.4 Å². The summed E-state index contributed by atoms with van der Waals surface area (Å²) in [6.45, 7) is 0. The lowest BCUT2D eigenvalue weighted by atomic mass is 10.0. The molecule has 0 saturated carbocycles. The molecule has 0 nitrogen and oxygen atoms in total. The van der Waals surface area contributed by atoms with Crippen LogP contribution < -0.4 is 0 Å². The van der Waals surface area contributed by atoms with E-state index < -0.39 is 0 Å². The molecule has 0 aliphatic heterocycles. The number of benzene rings is 3. The van der Waals surface area contributed by atoms with Crippen LogP contribution in [0.2, 0.25) is 20.1 Å². The first kappa shape index (κ1) is 12.4. The molecule has 18 heavy (non-hydrogen) atoms. The van der Waals surface area contributed by atoms with Crippen molar-refractivity contribution in [3.63, 3.8) is 0 Å². The highest BCUT2D eigenvalue weighted by Gasteiger charge is 2.13. The maximum Gasteiger partial charge on any atom is 0.0599 e. The van der Waals surface area contributed by atoms with Crippen LogP contribution in [0.5, 0.6) is 0 Å². The second-order valence-corrected chi connectivity index (χ2v) is 5.56. The molecule has 0 aromatic heterocycles. The van der Waals surface area contributed by atoms with Gasteiger partial charge in [-0.2, -0.15) is 0 Å². The van der Waals surface area contributed by atoms with Crippen molar-refractivity contribution in [1.29, 1.82) is 0 Å². The Bertz CT molecular complexity index is 712. The zero-order valence-corrected chi connectivity index (χ0v) is 12.0. The van der Waals surface area contributed by atoms with E-state index in [-0.39, 0.29) is 0 Å². The van der Waals surface area contributed by atoms with Gasteiger partial charge in [0.05, 0.1) is 20.1 Å². The molecule has 0 unspecified atom stereocenters. The van der Waals surface area contributed by atoms with Crippen LogP contribution in [0.4, 0.5) is 0 Å². The van der Waals surface area contributed by atoms with Gasteiger partial charge in [-0.05, 0) is 12.1 Å². The molecule has 0 aliphatic rings. The van der Waals surface area contributed by atoms with Crippen molar-refractivity contribution >= 4 is 67.9 Å². The van der Waals surface area contributed by atoms with Gasteiger partial charge in [-0.25, -0.2) is 0 Å². The molecular weight excluding hydrogens is 310 g/mol. The van der Waals surface area contributed by atoms with Gasteiger partial charge in [0, 0.05) is 21.5 Å². The molecule has 0 spiro atoms. The molecule has 0 fully saturated rings. The first-order chi connectivity index (χ1) is 8.59. The number of rotatable bonds is 0.